The molecule has 92 valence electrons. The van der Waals surface area contributed by atoms with E-state index in [9.17, 15) is 0 Å². The predicted molar refractivity (Wildman–Crippen MR) is 62.1 cm³/mol. The molecule has 0 aliphatic rings. The van der Waals surface area contributed by atoms with Crippen LogP contribution in [0.2, 0.25) is 0 Å². The van der Waals surface area contributed by atoms with Gasteiger partial charge in [0.15, 0.2) is 0 Å². The highest BCUT2D eigenvalue weighted by atomic mass is 15.4. The minimum atomic E-state index is 0.338. The summed E-state index contributed by atoms with van der Waals surface area (Å²) < 4.78 is 3.71. The topological polar surface area (TPSA) is 73.5 Å². The minimum Gasteiger partial charge on any atom is -0.308 e. The molecule has 0 spiro atoms. The maximum absolute atomic E-state index is 4.23. The second-order valence-corrected chi connectivity index (χ2v) is 4.06. The van der Waals surface area contributed by atoms with Gasteiger partial charge in [-0.25, -0.2) is 9.67 Å². The van der Waals surface area contributed by atoms with Crippen LogP contribution in [0.4, 0.5) is 0 Å². The average molecular weight is 235 g/mol. The van der Waals surface area contributed by atoms with Crippen molar-refractivity contribution in [2.24, 2.45) is 0 Å². The van der Waals surface area contributed by atoms with E-state index in [0.29, 0.717) is 12.6 Å². The van der Waals surface area contributed by atoms with Crippen LogP contribution in [0.3, 0.4) is 0 Å². The molecule has 0 saturated carbocycles. The molecule has 0 aliphatic heterocycles. The Morgan fingerprint density at radius 2 is 2.29 bits per heavy atom. The van der Waals surface area contributed by atoms with Crippen LogP contribution in [-0.2, 0) is 13.1 Å². The third kappa shape index (κ3) is 3.10. The molecule has 2 aromatic heterocycles. The molecule has 0 fully saturated rings. The zero-order chi connectivity index (χ0) is 12.1. The first-order chi connectivity index (χ1) is 8.27. The summed E-state index contributed by atoms with van der Waals surface area (Å²) in [5.74, 6) is 0.957. The van der Waals surface area contributed by atoms with E-state index in [-0.39, 0.29) is 0 Å². The van der Waals surface area contributed by atoms with Gasteiger partial charge < -0.3 is 5.32 Å². The molecule has 0 atom stereocenters. The van der Waals surface area contributed by atoms with Crippen LogP contribution < -0.4 is 5.32 Å². The van der Waals surface area contributed by atoms with Gasteiger partial charge in [-0.1, -0.05) is 5.21 Å². The number of hydrogen-bond donors (Lipinski definition) is 1. The van der Waals surface area contributed by atoms with E-state index in [1.54, 1.807) is 17.2 Å². The summed E-state index contributed by atoms with van der Waals surface area (Å²) in [6.07, 6.45) is 5.11. The fourth-order valence-corrected chi connectivity index (χ4v) is 1.58. The van der Waals surface area contributed by atoms with Crippen LogP contribution in [-0.4, -0.2) is 36.3 Å². The highest BCUT2D eigenvalue weighted by Crippen LogP contribution is 2.04. The molecule has 0 bridgehead atoms. The number of nitrogens with one attached hydrogen (secondary N) is 1. The van der Waals surface area contributed by atoms with Crippen LogP contribution in [0, 0.1) is 0 Å². The molecule has 2 aromatic rings. The van der Waals surface area contributed by atoms with E-state index in [4.69, 9.17) is 0 Å². The van der Waals surface area contributed by atoms with Crippen molar-refractivity contribution in [2.75, 3.05) is 6.54 Å². The van der Waals surface area contributed by atoms with Crippen LogP contribution in [0.5, 0.6) is 0 Å². The lowest BCUT2D eigenvalue weighted by molar-refractivity contribution is 0.478. The fourth-order valence-electron chi connectivity index (χ4n) is 1.58. The van der Waals surface area contributed by atoms with Crippen LogP contribution >= 0.6 is 0 Å². The lowest BCUT2D eigenvalue weighted by atomic mass is 10.4. The Morgan fingerprint density at radius 3 is 3.00 bits per heavy atom. The van der Waals surface area contributed by atoms with Gasteiger partial charge in [0.1, 0.15) is 12.2 Å². The maximum atomic E-state index is 4.23. The Labute approximate surface area is 99.9 Å². The molecular weight excluding hydrogens is 218 g/mol. The number of aromatic nitrogens is 6. The summed E-state index contributed by atoms with van der Waals surface area (Å²) in [5.41, 5.74) is 0. The molecule has 0 saturated heterocycles. The molecule has 2 rings (SSSR count). The van der Waals surface area contributed by atoms with Crippen molar-refractivity contribution >= 4 is 0 Å². The summed E-state index contributed by atoms with van der Waals surface area (Å²) in [6.45, 7) is 6.53. The predicted octanol–water partition coefficient (Wildman–Crippen LogP) is 0.240. The van der Waals surface area contributed by atoms with Crippen LogP contribution in [0.25, 0.3) is 0 Å². The van der Waals surface area contributed by atoms with Crippen molar-refractivity contribution < 1.29 is 0 Å². The fraction of sp³-hybridized carbons (Fsp3) is 0.600. The molecule has 0 aliphatic carbocycles. The Balaban J connectivity index is 1.76. The standard InChI is InChI=1S/C10H17N7/c1-9(2)17-10(12-8-14-17)7-11-3-5-16-6-4-13-15-16/h4,6,8-9,11H,3,5,7H2,1-2H3. The van der Waals surface area contributed by atoms with Gasteiger partial charge in [-0.15, -0.1) is 5.10 Å². The second kappa shape index (κ2) is 5.53. The van der Waals surface area contributed by atoms with Gasteiger partial charge in [-0.2, -0.15) is 5.10 Å². The Morgan fingerprint density at radius 1 is 1.41 bits per heavy atom. The van der Waals surface area contributed by atoms with E-state index in [1.807, 2.05) is 10.9 Å². The monoisotopic (exact) mass is 235 g/mol. The first-order valence-electron chi connectivity index (χ1n) is 5.70. The van der Waals surface area contributed by atoms with Gasteiger partial charge in [-0.3, -0.25) is 4.68 Å². The number of nitrogens with zero attached hydrogens (tertiary/aromatic N) is 6. The van der Waals surface area contributed by atoms with E-state index in [0.717, 1.165) is 18.9 Å². The number of rotatable bonds is 6. The quantitative estimate of drug-likeness (QED) is 0.726. The molecule has 0 amide bonds. The Hall–Kier alpha value is -1.76. The van der Waals surface area contributed by atoms with Crippen LogP contribution in [0.15, 0.2) is 18.7 Å². The Kier molecular flexibility index (Phi) is 3.81. The highest BCUT2D eigenvalue weighted by molar-refractivity contribution is 4.85. The van der Waals surface area contributed by atoms with Gasteiger partial charge in [0.05, 0.1) is 19.3 Å². The zero-order valence-electron chi connectivity index (χ0n) is 10.1. The molecule has 0 unspecified atom stereocenters. The van der Waals surface area contributed by atoms with Gasteiger partial charge in [-0.05, 0) is 13.8 Å². The smallest absolute Gasteiger partial charge is 0.141 e. The lowest BCUT2D eigenvalue weighted by Crippen LogP contribution is -2.22. The minimum absolute atomic E-state index is 0.338. The van der Waals surface area contributed by atoms with Crippen molar-refractivity contribution in [2.45, 2.75) is 33.0 Å². The van der Waals surface area contributed by atoms with Crippen molar-refractivity contribution in [3.05, 3.63) is 24.5 Å². The summed E-state index contributed by atoms with van der Waals surface area (Å²) in [6, 6.07) is 0.338. The van der Waals surface area contributed by atoms with Crippen LogP contribution in [0.1, 0.15) is 25.7 Å². The highest BCUT2D eigenvalue weighted by Gasteiger charge is 2.06. The van der Waals surface area contributed by atoms with Crippen molar-refractivity contribution in [1.29, 1.82) is 0 Å². The second-order valence-electron chi connectivity index (χ2n) is 4.06. The molecule has 1 N–H and O–H groups in total. The molecule has 7 heteroatoms. The summed E-state index contributed by atoms with van der Waals surface area (Å²) in [7, 11) is 0. The number of hydrogen-bond acceptors (Lipinski definition) is 5. The van der Waals surface area contributed by atoms with Crippen molar-refractivity contribution in [3.63, 3.8) is 0 Å². The van der Waals surface area contributed by atoms with Crippen molar-refractivity contribution in [3.8, 4) is 0 Å². The summed E-state index contributed by atoms with van der Waals surface area (Å²) in [4.78, 5) is 4.23. The molecular formula is C10H17N7. The van der Waals surface area contributed by atoms with Gasteiger partial charge in [0.2, 0.25) is 0 Å². The molecule has 0 radical (unpaired) electrons. The largest absolute Gasteiger partial charge is 0.308 e. The first kappa shape index (κ1) is 11.7. The maximum Gasteiger partial charge on any atom is 0.141 e. The Bertz CT molecular complexity index is 431. The first-order valence-corrected chi connectivity index (χ1v) is 5.70. The molecule has 17 heavy (non-hydrogen) atoms. The van der Waals surface area contributed by atoms with Gasteiger partial charge in [0, 0.05) is 18.8 Å². The summed E-state index contributed by atoms with van der Waals surface area (Å²) in [5, 5.41) is 15.1. The third-order valence-electron chi connectivity index (χ3n) is 2.41. The van der Waals surface area contributed by atoms with Gasteiger partial charge >= 0.3 is 0 Å². The average Bonchev–Trinajstić information content (AvgIpc) is 2.95. The normalized spacial score (nSPS) is 11.2. The van der Waals surface area contributed by atoms with E-state index in [1.165, 1.54) is 0 Å². The SMILES string of the molecule is CC(C)n1ncnc1CNCCn1ccnn1. The van der Waals surface area contributed by atoms with E-state index >= 15 is 0 Å². The molecule has 7 nitrogen and oxygen atoms in total. The van der Waals surface area contributed by atoms with E-state index < -0.39 is 0 Å². The third-order valence-corrected chi connectivity index (χ3v) is 2.41. The molecule has 0 aromatic carbocycles. The van der Waals surface area contributed by atoms with E-state index in [2.05, 4.69) is 39.6 Å². The summed E-state index contributed by atoms with van der Waals surface area (Å²) >= 11 is 0. The van der Waals surface area contributed by atoms with Crippen molar-refractivity contribution in [1.82, 2.24) is 35.1 Å². The lowest BCUT2D eigenvalue weighted by Gasteiger charge is -2.09. The van der Waals surface area contributed by atoms with Gasteiger partial charge in [0.25, 0.3) is 0 Å². The zero-order valence-corrected chi connectivity index (χ0v) is 10.1. The molecule has 2 heterocycles.